The molecule has 2 fully saturated rings. The SMILES string of the molecule is CCCN(Cc1ncc(-c2ccc3c(c2)cc2n3C(C3CC3)Oc3cc(-c4cnc(C5CCCN5C(=O)C(NC(O)OC)C(C)C)[nH]4)cc(F)c3-2)[nH]1)C(=O)C(NC(=O)OC)C(C)C. The van der Waals surface area contributed by atoms with Crippen LogP contribution in [0.15, 0.2) is 48.8 Å². The number of benzene rings is 2. The van der Waals surface area contributed by atoms with E-state index in [1.54, 1.807) is 22.2 Å². The standard InChI is InChI=1S/C46H58FN9O7/c1-8-15-54(42(57)39(24(2)3)52-45(59)61-6)23-37-48-21-31(50-37)27-13-14-33-29(17-27)19-35-38-30(47)18-28(20-36(38)63-44(56(33)35)26-11-12-26)32-22-49-41(51-32)34-10-9-16-55(34)43(58)40(25(4)5)53-46(60)62-7/h13-14,17-22,24-26,34,39-40,44,46,53,60H,8-12,15-16,23H2,1-7H3,(H,48,50)(H,49,51)(H,52,59). The first kappa shape index (κ1) is 43.9. The van der Waals surface area contributed by atoms with Gasteiger partial charge in [-0.25, -0.2) is 19.2 Å². The van der Waals surface area contributed by atoms with Gasteiger partial charge in [0.05, 0.1) is 66.3 Å². The van der Waals surface area contributed by atoms with E-state index in [1.165, 1.54) is 20.3 Å². The number of imidazole rings is 2. The Morgan fingerprint density at radius 3 is 2.43 bits per heavy atom. The summed E-state index contributed by atoms with van der Waals surface area (Å²) < 4.78 is 35.2. The minimum absolute atomic E-state index is 0.102. The molecule has 3 aliphatic rings. The molecule has 16 nitrogen and oxygen atoms in total. The number of aromatic amines is 2. The second-order valence-electron chi connectivity index (χ2n) is 17.6. The highest BCUT2D eigenvalue weighted by Gasteiger charge is 2.41. The number of aromatic nitrogens is 5. The first-order valence-corrected chi connectivity index (χ1v) is 22.0. The molecule has 336 valence electrons. The smallest absolute Gasteiger partial charge is 0.407 e. The van der Waals surface area contributed by atoms with Crippen molar-refractivity contribution in [1.29, 1.82) is 0 Å². The lowest BCUT2D eigenvalue weighted by Crippen LogP contribution is -2.52. The first-order valence-electron chi connectivity index (χ1n) is 22.0. The van der Waals surface area contributed by atoms with Gasteiger partial charge in [0.1, 0.15) is 29.3 Å². The van der Waals surface area contributed by atoms with Gasteiger partial charge in [-0.2, -0.15) is 0 Å². The third-order valence-electron chi connectivity index (χ3n) is 12.4. The van der Waals surface area contributed by atoms with Gasteiger partial charge in [0, 0.05) is 42.6 Å². The molecule has 3 amide bonds. The number of hydrogen-bond donors (Lipinski definition) is 5. The molecule has 5 atom stereocenters. The number of halogens is 1. The molecule has 8 rings (SSSR count). The summed E-state index contributed by atoms with van der Waals surface area (Å²) in [6.45, 7) is 10.8. The Morgan fingerprint density at radius 2 is 1.73 bits per heavy atom. The fraction of sp³-hybridized carbons (Fsp3) is 0.500. The Bertz CT molecular complexity index is 2470. The predicted octanol–water partition coefficient (Wildman–Crippen LogP) is 6.85. The van der Waals surface area contributed by atoms with Gasteiger partial charge < -0.3 is 49.0 Å². The van der Waals surface area contributed by atoms with Crippen LogP contribution in [0.25, 0.3) is 44.7 Å². The number of alkyl carbamates (subject to hydrolysis) is 1. The zero-order valence-corrected chi connectivity index (χ0v) is 36.9. The van der Waals surface area contributed by atoms with Crippen LogP contribution in [-0.4, -0.2) is 103 Å². The van der Waals surface area contributed by atoms with Gasteiger partial charge in [0.25, 0.3) is 0 Å². The van der Waals surface area contributed by atoms with Crippen molar-refractivity contribution in [3.05, 3.63) is 66.3 Å². The first-order chi connectivity index (χ1) is 30.3. The van der Waals surface area contributed by atoms with Crippen molar-refractivity contribution in [2.75, 3.05) is 27.3 Å². The lowest BCUT2D eigenvalue weighted by Gasteiger charge is -2.31. The molecule has 17 heteroatoms. The number of hydrogen-bond acceptors (Lipinski definition) is 10. The van der Waals surface area contributed by atoms with E-state index >= 15 is 4.39 Å². The Hall–Kier alpha value is -5.78. The Balaban J connectivity index is 1.05. The molecular formula is C46H58FN9O7. The molecule has 5 N–H and O–H groups in total. The van der Waals surface area contributed by atoms with E-state index in [2.05, 4.69) is 41.2 Å². The minimum atomic E-state index is -1.27. The molecule has 0 radical (unpaired) electrons. The van der Waals surface area contributed by atoms with E-state index < -0.39 is 30.4 Å². The lowest BCUT2D eigenvalue weighted by molar-refractivity contribution is -0.145. The monoisotopic (exact) mass is 867 g/mol. The van der Waals surface area contributed by atoms with Crippen LogP contribution in [-0.2, 0) is 25.6 Å². The molecule has 2 aliphatic heterocycles. The summed E-state index contributed by atoms with van der Waals surface area (Å²) in [6.07, 6.45) is 5.41. The Morgan fingerprint density at radius 1 is 0.984 bits per heavy atom. The van der Waals surface area contributed by atoms with Gasteiger partial charge in [-0.05, 0) is 74.3 Å². The van der Waals surface area contributed by atoms with Crippen molar-refractivity contribution in [3.63, 3.8) is 0 Å². The number of aliphatic hydroxyl groups is 1. The number of carbonyl (C=O) groups excluding carboxylic acids is 3. The summed E-state index contributed by atoms with van der Waals surface area (Å²) in [5.41, 5.74) is 4.90. The number of H-pyrrole nitrogens is 2. The van der Waals surface area contributed by atoms with Crippen molar-refractivity contribution in [3.8, 4) is 39.5 Å². The average Bonchev–Trinajstić information content (AvgIpc) is 3.64. The number of nitrogens with one attached hydrogen (secondary N) is 4. The minimum Gasteiger partial charge on any atom is -0.469 e. The quantitative estimate of drug-likeness (QED) is 0.0656. The van der Waals surface area contributed by atoms with Gasteiger partial charge in [-0.3, -0.25) is 14.9 Å². The summed E-state index contributed by atoms with van der Waals surface area (Å²) in [7, 11) is 2.64. The maximum absolute atomic E-state index is 16.6. The normalized spacial score (nSPS) is 18.6. The van der Waals surface area contributed by atoms with Gasteiger partial charge in [-0.15, -0.1) is 0 Å². The van der Waals surface area contributed by atoms with Crippen molar-refractivity contribution >= 4 is 28.8 Å². The number of nitrogens with zero attached hydrogens (tertiary/aromatic N) is 5. The molecule has 3 aromatic heterocycles. The van der Waals surface area contributed by atoms with Gasteiger partial charge in [0.2, 0.25) is 18.2 Å². The van der Waals surface area contributed by atoms with E-state index in [4.69, 9.17) is 14.2 Å². The molecular weight excluding hydrogens is 810 g/mol. The Labute approximate surface area is 365 Å². The molecule has 1 aliphatic carbocycles. The second-order valence-corrected chi connectivity index (χ2v) is 17.6. The summed E-state index contributed by atoms with van der Waals surface area (Å²) in [6, 6.07) is 9.77. The molecule has 1 saturated heterocycles. The van der Waals surface area contributed by atoms with E-state index in [0.29, 0.717) is 53.7 Å². The van der Waals surface area contributed by atoms with Crippen LogP contribution < -0.4 is 15.4 Å². The average molecular weight is 868 g/mol. The topological polar surface area (TPSA) is 192 Å². The fourth-order valence-electron chi connectivity index (χ4n) is 8.94. The molecule has 63 heavy (non-hydrogen) atoms. The molecule has 5 unspecified atom stereocenters. The van der Waals surface area contributed by atoms with Crippen LogP contribution in [0.3, 0.4) is 0 Å². The maximum atomic E-state index is 16.6. The third kappa shape index (κ3) is 8.78. The van der Waals surface area contributed by atoms with E-state index in [-0.39, 0.29) is 48.4 Å². The summed E-state index contributed by atoms with van der Waals surface area (Å²) in [5, 5.41) is 16.6. The fourth-order valence-corrected chi connectivity index (χ4v) is 8.94. The molecule has 5 heterocycles. The highest BCUT2D eigenvalue weighted by atomic mass is 19.1. The number of rotatable bonds is 16. The number of carbonyl (C=O) groups is 3. The lowest BCUT2D eigenvalue weighted by atomic mass is 10.0. The number of ether oxygens (including phenoxy) is 3. The van der Waals surface area contributed by atoms with E-state index in [0.717, 1.165) is 53.5 Å². The number of methoxy groups -OCH3 is 2. The summed E-state index contributed by atoms with van der Waals surface area (Å²) in [4.78, 5) is 59.0. The molecule has 0 spiro atoms. The van der Waals surface area contributed by atoms with Crippen LogP contribution >= 0.6 is 0 Å². The summed E-state index contributed by atoms with van der Waals surface area (Å²) in [5.74, 6) is 0.909. The highest BCUT2D eigenvalue weighted by Crippen LogP contribution is 2.51. The van der Waals surface area contributed by atoms with Crippen LogP contribution in [0.4, 0.5) is 9.18 Å². The van der Waals surface area contributed by atoms with Crippen molar-refractivity contribution in [2.45, 2.75) is 104 Å². The predicted molar refractivity (Wildman–Crippen MR) is 233 cm³/mol. The van der Waals surface area contributed by atoms with Crippen molar-refractivity contribution in [2.24, 2.45) is 17.8 Å². The number of aliphatic hydroxyl groups excluding tert-OH is 1. The molecule has 1 saturated carbocycles. The van der Waals surface area contributed by atoms with Crippen molar-refractivity contribution < 1.29 is 38.1 Å². The van der Waals surface area contributed by atoms with Crippen LogP contribution in [0.2, 0.25) is 0 Å². The van der Waals surface area contributed by atoms with Crippen LogP contribution in [0.1, 0.15) is 90.6 Å². The van der Waals surface area contributed by atoms with Crippen LogP contribution in [0.5, 0.6) is 5.75 Å². The van der Waals surface area contributed by atoms with Crippen LogP contribution in [0, 0.1) is 23.6 Å². The third-order valence-corrected chi connectivity index (χ3v) is 12.4. The molecule has 0 bridgehead atoms. The number of amides is 3. The number of likely N-dealkylation sites (tertiary alicyclic amines) is 1. The van der Waals surface area contributed by atoms with Crippen molar-refractivity contribution in [1.82, 2.24) is 44.9 Å². The zero-order chi connectivity index (χ0) is 44.7. The molecule has 5 aromatic rings. The maximum Gasteiger partial charge on any atom is 0.407 e. The second kappa shape index (κ2) is 18.1. The molecule has 2 aromatic carbocycles. The largest absolute Gasteiger partial charge is 0.469 e. The van der Waals surface area contributed by atoms with Gasteiger partial charge in [0.15, 0.2) is 6.23 Å². The van der Waals surface area contributed by atoms with E-state index in [9.17, 15) is 19.5 Å². The highest BCUT2D eigenvalue weighted by molar-refractivity contribution is 5.92. The van der Waals surface area contributed by atoms with Gasteiger partial charge >= 0.3 is 6.09 Å². The summed E-state index contributed by atoms with van der Waals surface area (Å²) >= 11 is 0. The zero-order valence-electron chi connectivity index (χ0n) is 36.9. The number of fused-ring (bicyclic) bond motifs is 5. The Kier molecular flexibility index (Phi) is 12.6. The van der Waals surface area contributed by atoms with E-state index in [1.807, 2.05) is 58.9 Å². The van der Waals surface area contributed by atoms with Gasteiger partial charge in [-0.1, -0.05) is 40.7 Å².